The minimum atomic E-state index is -0.621. The van der Waals surface area contributed by atoms with Crippen molar-refractivity contribution in [1.29, 1.82) is 0 Å². The van der Waals surface area contributed by atoms with Crippen LogP contribution in [0.3, 0.4) is 0 Å². The lowest BCUT2D eigenvalue weighted by atomic mass is 9.66. The molecule has 1 aliphatic rings. The van der Waals surface area contributed by atoms with Crippen LogP contribution >= 0.6 is 13.5 Å². The van der Waals surface area contributed by atoms with E-state index in [0.717, 1.165) is 22.3 Å². The third-order valence-electron chi connectivity index (χ3n) is 5.11. The predicted molar refractivity (Wildman–Crippen MR) is 115 cm³/mol. The highest BCUT2D eigenvalue weighted by atomic mass is 32.1. The fourth-order valence-corrected chi connectivity index (χ4v) is 3.74. The Hall–Kier alpha value is -2.91. The highest BCUT2D eigenvalue weighted by Crippen LogP contribution is 2.47. The number of phenolic OH excluding ortho intramolecular Hbond substituents is 1. The van der Waals surface area contributed by atoms with Gasteiger partial charge in [-0.2, -0.15) is 13.5 Å². The van der Waals surface area contributed by atoms with E-state index in [1.807, 2.05) is 54.6 Å². The third kappa shape index (κ3) is 3.38. The van der Waals surface area contributed by atoms with Crippen LogP contribution in [0.25, 0.3) is 5.57 Å². The lowest BCUT2D eigenvalue weighted by molar-refractivity contribution is 0.322. The van der Waals surface area contributed by atoms with Crippen LogP contribution in [0, 0.1) is 0 Å². The van der Waals surface area contributed by atoms with E-state index in [-0.39, 0.29) is 19.2 Å². The molecule has 1 aliphatic carbocycles. The van der Waals surface area contributed by atoms with Crippen LogP contribution in [0.2, 0.25) is 0 Å². The summed E-state index contributed by atoms with van der Waals surface area (Å²) in [7, 11) is 0. The van der Waals surface area contributed by atoms with Gasteiger partial charge in [0, 0.05) is 0 Å². The molecule has 0 bridgehead atoms. The molecule has 3 aromatic rings. The summed E-state index contributed by atoms with van der Waals surface area (Å²) in [5.41, 5.74) is 3.66. The monoisotopic (exact) mass is 374 g/mol. The Labute approximate surface area is 166 Å². The molecule has 0 saturated carbocycles. The molecule has 0 spiro atoms. The SMILES string of the molecule is OC1=CC=C(c2ccc(O)cc2)CC1(c1ccccc1)c1ccccc1.S. The maximum absolute atomic E-state index is 11.0. The van der Waals surface area contributed by atoms with Crippen LogP contribution in [0.4, 0.5) is 0 Å². The van der Waals surface area contributed by atoms with Crippen molar-refractivity contribution in [3.8, 4) is 5.75 Å². The number of aliphatic hydroxyl groups excluding tert-OH is 1. The molecule has 2 nitrogen and oxygen atoms in total. The van der Waals surface area contributed by atoms with Gasteiger partial charge in [-0.25, -0.2) is 0 Å². The molecule has 0 radical (unpaired) electrons. The summed E-state index contributed by atoms with van der Waals surface area (Å²) < 4.78 is 0. The Kier molecular flexibility index (Phi) is 5.43. The summed E-state index contributed by atoms with van der Waals surface area (Å²) >= 11 is 0. The summed E-state index contributed by atoms with van der Waals surface area (Å²) in [5.74, 6) is 0.596. The Balaban J connectivity index is 0.00000210. The second kappa shape index (κ2) is 7.77. The molecule has 0 heterocycles. The van der Waals surface area contributed by atoms with Crippen LogP contribution in [0.15, 0.2) is 103 Å². The van der Waals surface area contributed by atoms with Crippen LogP contribution < -0.4 is 0 Å². The van der Waals surface area contributed by atoms with E-state index in [1.165, 1.54) is 0 Å². The zero-order valence-corrected chi connectivity index (χ0v) is 15.8. The maximum atomic E-state index is 11.0. The van der Waals surface area contributed by atoms with Crippen LogP contribution in [-0.2, 0) is 5.41 Å². The first-order valence-electron chi connectivity index (χ1n) is 8.71. The second-order valence-corrected chi connectivity index (χ2v) is 6.60. The van der Waals surface area contributed by atoms with Gasteiger partial charge in [0.2, 0.25) is 0 Å². The molecule has 0 unspecified atom stereocenters. The van der Waals surface area contributed by atoms with Crippen LogP contribution in [0.1, 0.15) is 23.1 Å². The Morgan fingerprint density at radius 3 is 1.67 bits per heavy atom. The number of benzene rings is 3. The number of allylic oxidation sites excluding steroid dienone is 4. The van der Waals surface area contributed by atoms with Crippen molar-refractivity contribution in [2.75, 3.05) is 0 Å². The van der Waals surface area contributed by atoms with E-state index in [4.69, 9.17) is 0 Å². The van der Waals surface area contributed by atoms with E-state index >= 15 is 0 Å². The second-order valence-electron chi connectivity index (χ2n) is 6.60. The standard InChI is InChI=1S/C24H20O2.H2S/c25-22-14-11-18(12-15-22)19-13-16-23(26)24(17-19,20-7-3-1-4-8-20)21-9-5-2-6-10-21;/h1-16,25-26H,17H2;1H2. The van der Waals surface area contributed by atoms with Crippen molar-refractivity contribution in [3.63, 3.8) is 0 Å². The highest BCUT2D eigenvalue weighted by Gasteiger charge is 2.40. The lowest BCUT2D eigenvalue weighted by Gasteiger charge is -2.37. The highest BCUT2D eigenvalue weighted by molar-refractivity contribution is 7.59. The molecule has 4 rings (SSSR count). The summed E-state index contributed by atoms with van der Waals surface area (Å²) in [6, 6.07) is 27.5. The summed E-state index contributed by atoms with van der Waals surface area (Å²) in [6.07, 6.45) is 4.41. The van der Waals surface area contributed by atoms with Crippen LogP contribution in [-0.4, -0.2) is 10.2 Å². The Morgan fingerprint density at radius 2 is 1.15 bits per heavy atom. The number of phenols is 1. The quantitative estimate of drug-likeness (QED) is 0.615. The average Bonchev–Trinajstić information content (AvgIpc) is 2.70. The van der Waals surface area contributed by atoms with Gasteiger partial charge >= 0.3 is 0 Å². The Morgan fingerprint density at radius 1 is 0.630 bits per heavy atom. The third-order valence-corrected chi connectivity index (χ3v) is 5.11. The van der Waals surface area contributed by atoms with E-state index in [9.17, 15) is 10.2 Å². The largest absolute Gasteiger partial charge is 0.511 e. The molecule has 0 aliphatic heterocycles. The van der Waals surface area contributed by atoms with Gasteiger partial charge in [-0.05, 0) is 46.9 Å². The van der Waals surface area contributed by atoms with Gasteiger partial charge in [0.15, 0.2) is 0 Å². The Bertz CT molecular complexity index is 919. The number of aliphatic hydroxyl groups is 1. The molecule has 0 fully saturated rings. The minimum Gasteiger partial charge on any atom is -0.511 e. The van der Waals surface area contributed by atoms with E-state index in [2.05, 4.69) is 24.3 Å². The molecule has 2 N–H and O–H groups in total. The summed E-state index contributed by atoms with van der Waals surface area (Å²) in [6.45, 7) is 0. The van der Waals surface area contributed by atoms with Gasteiger partial charge in [0.25, 0.3) is 0 Å². The molecule has 27 heavy (non-hydrogen) atoms. The maximum Gasteiger partial charge on any atom is 0.115 e. The van der Waals surface area contributed by atoms with Gasteiger partial charge in [-0.1, -0.05) is 78.9 Å². The number of hydrogen-bond donors (Lipinski definition) is 2. The predicted octanol–water partition coefficient (Wildman–Crippen LogP) is 5.72. The molecule has 0 atom stereocenters. The zero-order chi connectivity index (χ0) is 18.0. The molecule has 3 heteroatoms. The van der Waals surface area contributed by atoms with Gasteiger partial charge < -0.3 is 10.2 Å². The fourth-order valence-electron chi connectivity index (χ4n) is 3.74. The molecule has 0 amide bonds. The van der Waals surface area contributed by atoms with Crippen LogP contribution in [0.5, 0.6) is 5.75 Å². The minimum absolute atomic E-state index is 0. The smallest absolute Gasteiger partial charge is 0.115 e. The van der Waals surface area contributed by atoms with E-state index in [1.54, 1.807) is 18.2 Å². The molecule has 136 valence electrons. The van der Waals surface area contributed by atoms with E-state index < -0.39 is 5.41 Å². The van der Waals surface area contributed by atoms with Gasteiger partial charge in [-0.15, -0.1) is 0 Å². The van der Waals surface area contributed by atoms with Crippen molar-refractivity contribution >= 4 is 19.1 Å². The summed E-state index contributed by atoms with van der Waals surface area (Å²) in [4.78, 5) is 0. The number of rotatable bonds is 3. The molecule has 3 aromatic carbocycles. The first kappa shape index (κ1) is 18.9. The molecular weight excluding hydrogens is 352 g/mol. The zero-order valence-electron chi connectivity index (χ0n) is 14.8. The molecule has 0 saturated heterocycles. The molecular formula is C24H22O2S. The fraction of sp³-hybridized carbons (Fsp3) is 0.0833. The van der Waals surface area contributed by atoms with E-state index in [0.29, 0.717) is 12.2 Å². The first-order valence-corrected chi connectivity index (χ1v) is 8.71. The van der Waals surface area contributed by atoms with Crippen molar-refractivity contribution < 1.29 is 10.2 Å². The van der Waals surface area contributed by atoms with Gasteiger partial charge in [-0.3, -0.25) is 0 Å². The lowest BCUT2D eigenvalue weighted by Crippen LogP contribution is -2.32. The number of hydrogen-bond acceptors (Lipinski definition) is 2. The van der Waals surface area contributed by atoms with Gasteiger partial charge in [0.1, 0.15) is 11.5 Å². The number of aromatic hydroxyl groups is 1. The normalized spacial score (nSPS) is 15.3. The average molecular weight is 375 g/mol. The van der Waals surface area contributed by atoms with Gasteiger partial charge in [0.05, 0.1) is 5.41 Å². The summed E-state index contributed by atoms with van der Waals surface area (Å²) in [5, 5.41) is 20.6. The first-order chi connectivity index (χ1) is 12.7. The topological polar surface area (TPSA) is 40.5 Å². The van der Waals surface area contributed by atoms with Crippen molar-refractivity contribution in [1.82, 2.24) is 0 Å². The molecule has 0 aromatic heterocycles. The van der Waals surface area contributed by atoms with Crippen molar-refractivity contribution in [2.45, 2.75) is 11.8 Å². The van der Waals surface area contributed by atoms with Crippen molar-refractivity contribution in [2.24, 2.45) is 0 Å². The van der Waals surface area contributed by atoms with Crippen molar-refractivity contribution in [3.05, 3.63) is 120 Å².